The van der Waals surface area contributed by atoms with Crippen LogP contribution < -0.4 is 5.32 Å². The molecule has 0 spiro atoms. The van der Waals surface area contributed by atoms with Crippen molar-refractivity contribution in [3.8, 4) is 0 Å². The van der Waals surface area contributed by atoms with Crippen LogP contribution in [0.3, 0.4) is 0 Å². The molecular weight excluding hydrogens is 276 g/mol. The lowest BCUT2D eigenvalue weighted by Gasteiger charge is -2.30. The maximum Gasteiger partial charge on any atom is 0.103 e. The molecule has 112 valence electrons. The first-order chi connectivity index (χ1) is 9.81. The van der Waals surface area contributed by atoms with Crippen molar-refractivity contribution in [3.05, 3.63) is 29.0 Å². The van der Waals surface area contributed by atoms with Crippen LogP contribution in [0.15, 0.2) is 18.3 Å². The molecule has 2 atom stereocenters. The molecule has 5 heteroatoms. The average Bonchev–Trinajstić information content (AvgIpc) is 2.48. The molecule has 20 heavy (non-hydrogen) atoms. The van der Waals surface area contributed by atoms with E-state index in [1.165, 1.54) is 6.42 Å². The number of nitrogens with zero attached hydrogens (tertiary/aromatic N) is 1. The lowest BCUT2D eigenvalue weighted by molar-refractivity contribution is -0.00752. The third-order valence-corrected chi connectivity index (χ3v) is 3.82. The van der Waals surface area contributed by atoms with E-state index in [2.05, 4.69) is 10.3 Å². The molecule has 1 aliphatic heterocycles. The van der Waals surface area contributed by atoms with Gasteiger partial charge in [-0.15, -0.1) is 0 Å². The van der Waals surface area contributed by atoms with Crippen molar-refractivity contribution in [2.24, 2.45) is 5.92 Å². The van der Waals surface area contributed by atoms with E-state index < -0.39 is 0 Å². The van der Waals surface area contributed by atoms with Crippen LogP contribution in [0.5, 0.6) is 0 Å². The van der Waals surface area contributed by atoms with Gasteiger partial charge < -0.3 is 14.8 Å². The number of piperidine rings is 1. The van der Waals surface area contributed by atoms with Crippen molar-refractivity contribution < 1.29 is 9.47 Å². The second kappa shape index (κ2) is 8.57. The molecular formula is C15H23ClN2O2. The van der Waals surface area contributed by atoms with Gasteiger partial charge in [-0.3, -0.25) is 4.98 Å². The zero-order valence-electron chi connectivity index (χ0n) is 12.0. The number of hydrogen-bond acceptors (Lipinski definition) is 4. The summed E-state index contributed by atoms with van der Waals surface area (Å²) in [5, 5.41) is 4.15. The highest BCUT2D eigenvalue weighted by molar-refractivity contribution is 6.30. The molecule has 1 unspecified atom stereocenters. The smallest absolute Gasteiger partial charge is 0.103 e. The second-order valence-electron chi connectivity index (χ2n) is 5.14. The summed E-state index contributed by atoms with van der Waals surface area (Å²) in [7, 11) is 1.71. The summed E-state index contributed by atoms with van der Waals surface area (Å²) >= 11 is 6.08. The van der Waals surface area contributed by atoms with Gasteiger partial charge in [0.05, 0.1) is 5.69 Å². The van der Waals surface area contributed by atoms with Crippen molar-refractivity contribution in [2.45, 2.75) is 25.4 Å². The summed E-state index contributed by atoms with van der Waals surface area (Å²) in [5.41, 5.74) is 0.934. The van der Waals surface area contributed by atoms with Crippen molar-refractivity contribution in [1.29, 1.82) is 0 Å². The fourth-order valence-electron chi connectivity index (χ4n) is 2.59. The van der Waals surface area contributed by atoms with Crippen LogP contribution in [0.1, 0.15) is 31.1 Å². The van der Waals surface area contributed by atoms with Gasteiger partial charge in [-0.1, -0.05) is 11.6 Å². The Morgan fingerprint density at radius 1 is 1.50 bits per heavy atom. The molecule has 2 rings (SSSR count). The van der Waals surface area contributed by atoms with Crippen molar-refractivity contribution in [1.82, 2.24) is 10.3 Å². The van der Waals surface area contributed by atoms with Crippen molar-refractivity contribution in [2.75, 3.05) is 33.4 Å². The van der Waals surface area contributed by atoms with Gasteiger partial charge in [0.1, 0.15) is 6.10 Å². The molecule has 1 N–H and O–H groups in total. The SMILES string of the molecule is COCCCOC(c1cc(Cl)ccn1)[C@@H]1CCCNC1. The van der Waals surface area contributed by atoms with Crippen LogP contribution in [0.25, 0.3) is 0 Å². The topological polar surface area (TPSA) is 43.4 Å². The van der Waals surface area contributed by atoms with Crippen LogP contribution >= 0.6 is 11.6 Å². The summed E-state index contributed by atoms with van der Waals surface area (Å²) < 4.78 is 11.1. The van der Waals surface area contributed by atoms with Crippen LogP contribution in [-0.2, 0) is 9.47 Å². The predicted molar refractivity (Wildman–Crippen MR) is 80.0 cm³/mol. The van der Waals surface area contributed by atoms with E-state index in [9.17, 15) is 0 Å². The molecule has 2 heterocycles. The maximum absolute atomic E-state index is 6.08. The lowest BCUT2D eigenvalue weighted by Crippen LogP contribution is -2.34. The predicted octanol–water partition coefficient (Wildman–Crippen LogP) is 2.83. The number of rotatable bonds is 7. The molecule has 1 aromatic heterocycles. The molecule has 0 amide bonds. The van der Waals surface area contributed by atoms with E-state index in [-0.39, 0.29) is 6.10 Å². The molecule has 1 saturated heterocycles. The van der Waals surface area contributed by atoms with Gasteiger partial charge in [0, 0.05) is 44.0 Å². The van der Waals surface area contributed by atoms with Gasteiger partial charge >= 0.3 is 0 Å². The normalized spacial score (nSPS) is 20.8. The third kappa shape index (κ3) is 4.70. The van der Waals surface area contributed by atoms with Gasteiger partial charge in [-0.25, -0.2) is 0 Å². The fourth-order valence-corrected chi connectivity index (χ4v) is 2.76. The van der Waals surface area contributed by atoms with Crippen LogP contribution in [0, 0.1) is 5.92 Å². The third-order valence-electron chi connectivity index (χ3n) is 3.59. The Labute approximate surface area is 125 Å². The number of pyridine rings is 1. The molecule has 0 saturated carbocycles. The summed E-state index contributed by atoms with van der Waals surface area (Å²) in [6.45, 7) is 3.47. The fraction of sp³-hybridized carbons (Fsp3) is 0.667. The lowest BCUT2D eigenvalue weighted by atomic mass is 9.91. The number of nitrogens with one attached hydrogen (secondary N) is 1. The minimum atomic E-state index is 0.0124. The Balaban J connectivity index is 2.02. The number of aromatic nitrogens is 1. The van der Waals surface area contributed by atoms with Crippen LogP contribution in [0.4, 0.5) is 0 Å². The monoisotopic (exact) mass is 298 g/mol. The van der Waals surface area contributed by atoms with Crippen LogP contribution in [-0.4, -0.2) is 38.4 Å². The first-order valence-electron chi connectivity index (χ1n) is 7.24. The van der Waals surface area contributed by atoms with E-state index in [0.29, 0.717) is 17.5 Å². The largest absolute Gasteiger partial charge is 0.385 e. The van der Waals surface area contributed by atoms with E-state index in [1.807, 2.05) is 6.07 Å². The standard InChI is InChI=1S/C15H23ClN2O2/c1-19-8-3-9-20-15(12-4-2-6-17-11-12)14-10-13(16)5-7-18-14/h5,7,10,12,15,17H,2-4,6,8-9,11H2,1H3/t12-,15?/m1/s1. The molecule has 4 nitrogen and oxygen atoms in total. The van der Waals surface area contributed by atoms with Crippen LogP contribution in [0.2, 0.25) is 5.02 Å². The summed E-state index contributed by atoms with van der Waals surface area (Å²) in [4.78, 5) is 4.45. The Kier molecular flexibility index (Phi) is 6.73. The van der Waals surface area contributed by atoms with Crippen molar-refractivity contribution in [3.63, 3.8) is 0 Å². The molecule has 1 fully saturated rings. The first-order valence-corrected chi connectivity index (χ1v) is 7.62. The minimum Gasteiger partial charge on any atom is -0.385 e. The molecule has 1 aliphatic rings. The number of methoxy groups -OCH3 is 1. The van der Waals surface area contributed by atoms with Gasteiger partial charge in [0.15, 0.2) is 0 Å². The highest BCUT2D eigenvalue weighted by Gasteiger charge is 2.26. The zero-order chi connectivity index (χ0) is 14.2. The molecule has 0 aromatic carbocycles. The highest BCUT2D eigenvalue weighted by atomic mass is 35.5. The van der Waals surface area contributed by atoms with Gasteiger partial charge in [-0.2, -0.15) is 0 Å². The summed E-state index contributed by atoms with van der Waals surface area (Å²) in [6.07, 6.45) is 5.00. The van der Waals surface area contributed by atoms with Gasteiger partial charge in [-0.05, 0) is 37.9 Å². The summed E-state index contributed by atoms with van der Waals surface area (Å²) in [5.74, 6) is 0.456. The second-order valence-corrected chi connectivity index (χ2v) is 5.58. The van der Waals surface area contributed by atoms with Gasteiger partial charge in [0.2, 0.25) is 0 Å². The minimum absolute atomic E-state index is 0.0124. The Morgan fingerprint density at radius 3 is 3.10 bits per heavy atom. The van der Waals surface area contributed by atoms with E-state index in [4.69, 9.17) is 21.1 Å². The quantitative estimate of drug-likeness (QED) is 0.786. The van der Waals surface area contributed by atoms with Gasteiger partial charge in [0.25, 0.3) is 0 Å². The average molecular weight is 299 g/mol. The molecule has 0 bridgehead atoms. The van der Waals surface area contributed by atoms with Crippen molar-refractivity contribution >= 4 is 11.6 Å². The van der Waals surface area contributed by atoms with E-state index >= 15 is 0 Å². The Bertz CT molecular complexity index is 397. The highest BCUT2D eigenvalue weighted by Crippen LogP contribution is 2.30. The number of halogens is 1. The van der Waals surface area contributed by atoms with E-state index in [0.717, 1.165) is 38.2 Å². The Morgan fingerprint density at radius 2 is 2.40 bits per heavy atom. The van der Waals surface area contributed by atoms with E-state index in [1.54, 1.807) is 19.4 Å². The zero-order valence-corrected chi connectivity index (χ0v) is 12.7. The molecule has 0 radical (unpaired) electrons. The Hall–Kier alpha value is -0.680. The first kappa shape index (κ1) is 15.7. The number of ether oxygens (including phenoxy) is 2. The molecule has 1 aromatic rings. The molecule has 0 aliphatic carbocycles. The maximum atomic E-state index is 6.08. The summed E-state index contributed by atoms with van der Waals surface area (Å²) in [6, 6.07) is 3.71. The number of hydrogen-bond donors (Lipinski definition) is 1.